The van der Waals surface area contributed by atoms with Gasteiger partial charge in [0, 0.05) is 140 Å². The average molecular weight is 2050 g/mol. The molecule has 146 heavy (non-hydrogen) atoms. The van der Waals surface area contributed by atoms with E-state index in [0.717, 1.165) is 211 Å². The van der Waals surface area contributed by atoms with E-state index in [-0.39, 0.29) is 38.3 Å². The second-order valence-electron chi connectivity index (χ2n) is 44.4. The van der Waals surface area contributed by atoms with Crippen molar-refractivity contribution in [1.82, 2.24) is 29.9 Å². The summed E-state index contributed by atoms with van der Waals surface area (Å²) in [5.41, 5.74) is 39.6. The smallest absolute Gasteiger partial charge is 0.160 e. The maximum absolute atomic E-state index is 13.4. The van der Waals surface area contributed by atoms with Crippen LogP contribution >= 0.6 is 68.0 Å². The standard InChI is InChI=1S/2C23H27NOS.C22H25NOS.C22H27NOS.2C19H19NOS/c2*1-4-23(18-8-6-5-7-9-18)21-17(13-19-22(23)26-14-24-19)11-16(10-15(2)3)12-20(21)25;1-3-8-15-11-16-13-18-21(25-14-23-18)22(4-2,20(16)19(24)12-15)17-9-6-5-7-10-17;1-7-22(15(4)9-8-14(2)3)19-16(10-17-20(22)25-13-23-17)11-21(5,6)12-18(19)24;2*1-2-19(14-8-4-3-5-9-14)17-13(7-6-10-16(17)21)11-15-18(19)22-12-20-15/h2*5-9,14-16H,4,10-13H2,1-3H3;5-7,9-10,14-15H,3-4,8,11-13H2,1-2H3;8-9,13H,2,4,7,10-12H2,1,3,5-6H3;2*3-5,8-9,12H,2,6-7,10-11H2,1H3/b;;;9-8-;;/t16?,23-;;15?,22-;;19-;/m1.1.1./s1. The van der Waals surface area contributed by atoms with Gasteiger partial charge in [-0.3, -0.25) is 28.8 Å². The second kappa shape index (κ2) is 44.4. The fourth-order valence-electron chi connectivity index (χ4n) is 28.3. The van der Waals surface area contributed by atoms with E-state index in [1.54, 1.807) is 68.0 Å². The third-order valence-corrected chi connectivity index (χ3v) is 40.1. The number of aromatic nitrogens is 6. The zero-order valence-corrected chi connectivity index (χ0v) is 93.0. The number of thiazole rings is 6. The molecule has 18 heteroatoms. The number of Topliss-reactive ketones (excluding diaryl/α,β-unsaturated/α-hetero) is 6. The molecule has 0 fully saturated rings. The molecule has 0 saturated carbocycles. The van der Waals surface area contributed by atoms with Crippen LogP contribution in [0.2, 0.25) is 0 Å². The van der Waals surface area contributed by atoms with Crippen molar-refractivity contribution in [3.63, 3.8) is 0 Å². The predicted octanol–water partition coefficient (Wildman–Crippen LogP) is 31.5. The van der Waals surface area contributed by atoms with Crippen molar-refractivity contribution in [2.24, 2.45) is 35.0 Å². The van der Waals surface area contributed by atoms with Crippen LogP contribution in [0.3, 0.4) is 0 Å². The number of fused-ring (bicyclic) bond motifs is 6. The summed E-state index contributed by atoms with van der Waals surface area (Å²) in [7, 11) is 0. The first-order valence-electron chi connectivity index (χ1n) is 54.0. The van der Waals surface area contributed by atoms with E-state index in [9.17, 15) is 28.8 Å². The van der Waals surface area contributed by atoms with Crippen LogP contribution in [0.15, 0.2) is 288 Å². The summed E-state index contributed by atoms with van der Waals surface area (Å²) >= 11 is 10.3. The number of hydrogen-bond acceptors (Lipinski definition) is 18. The van der Waals surface area contributed by atoms with E-state index in [2.05, 4.69) is 263 Å². The van der Waals surface area contributed by atoms with Gasteiger partial charge in [-0.05, 0) is 184 Å². The average Bonchev–Trinajstić information content (AvgIpc) is 1.43. The highest BCUT2D eigenvalue weighted by Gasteiger charge is 2.56. The topological polar surface area (TPSA) is 180 Å². The molecule has 0 bridgehead atoms. The van der Waals surface area contributed by atoms with Gasteiger partial charge in [0.05, 0.1) is 99.7 Å². The van der Waals surface area contributed by atoms with Gasteiger partial charge in [0.25, 0.3) is 0 Å². The summed E-state index contributed by atoms with van der Waals surface area (Å²) in [6.07, 6.45) is 31.5. The Morgan fingerprint density at radius 1 is 0.329 bits per heavy atom. The van der Waals surface area contributed by atoms with Gasteiger partial charge in [-0.2, -0.15) is 0 Å². The summed E-state index contributed by atoms with van der Waals surface area (Å²) in [4.78, 5) is 115. The molecule has 5 aromatic carbocycles. The summed E-state index contributed by atoms with van der Waals surface area (Å²) in [6, 6.07) is 53.0. The molecule has 9 atom stereocenters. The lowest BCUT2D eigenvalue weighted by Gasteiger charge is -2.45. The Balaban J connectivity index is 0.000000115. The molecular weight excluding hydrogens is 1910 g/mol. The zero-order valence-electron chi connectivity index (χ0n) is 88.1. The molecule has 0 radical (unpaired) electrons. The van der Waals surface area contributed by atoms with Crippen molar-refractivity contribution in [2.45, 2.75) is 322 Å². The first-order chi connectivity index (χ1) is 70.6. The predicted molar refractivity (Wildman–Crippen MR) is 602 cm³/mol. The number of nitrogens with zero attached hydrogens (tertiary/aromatic N) is 6. The molecule has 0 aliphatic heterocycles. The van der Waals surface area contributed by atoms with Crippen molar-refractivity contribution in [3.8, 4) is 0 Å². The van der Waals surface area contributed by atoms with E-state index in [4.69, 9.17) is 9.97 Å². The molecule has 23 rings (SSSR count). The molecule has 6 aromatic heterocycles. The molecule has 758 valence electrons. The van der Waals surface area contributed by atoms with E-state index in [1.807, 2.05) is 64.3 Å². The largest absolute Gasteiger partial charge is 0.295 e. The molecule has 11 aromatic rings. The summed E-state index contributed by atoms with van der Waals surface area (Å²) < 4.78 is 0. The Kier molecular flexibility index (Phi) is 32.1. The van der Waals surface area contributed by atoms with E-state index >= 15 is 0 Å². The third-order valence-electron chi connectivity index (χ3n) is 33.9. The first kappa shape index (κ1) is 105. The summed E-state index contributed by atoms with van der Waals surface area (Å²) in [6.45, 7) is 39.2. The van der Waals surface area contributed by atoms with Gasteiger partial charge in [0.1, 0.15) is 0 Å². The van der Waals surface area contributed by atoms with Crippen LogP contribution in [0.25, 0.3) is 0 Å². The number of benzene rings is 5. The van der Waals surface area contributed by atoms with Gasteiger partial charge in [0.2, 0.25) is 0 Å². The molecule has 0 amide bonds. The minimum Gasteiger partial charge on any atom is -0.295 e. The molecule has 12 aliphatic rings. The number of ketones is 6. The third kappa shape index (κ3) is 19.2. The molecule has 6 unspecified atom stereocenters. The Bertz CT molecular complexity index is 6720. The number of carbonyl (C=O) groups is 6. The van der Waals surface area contributed by atoms with Gasteiger partial charge >= 0.3 is 0 Å². The molecule has 12 nitrogen and oxygen atoms in total. The first-order valence-corrected chi connectivity index (χ1v) is 59.3. The van der Waals surface area contributed by atoms with Crippen LogP contribution in [-0.4, -0.2) is 64.6 Å². The quantitative estimate of drug-likeness (QED) is 0.0660. The highest BCUT2D eigenvalue weighted by molar-refractivity contribution is 7.11. The molecule has 6 heterocycles. The van der Waals surface area contributed by atoms with Crippen LogP contribution in [0.4, 0.5) is 0 Å². The highest BCUT2D eigenvalue weighted by Crippen LogP contribution is 2.62. The fraction of sp³-hybridized carbons (Fsp3) is 0.438. The number of rotatable bonds is 20. The molecule has 12 aliphatic carbocycles. The van der Waals surface area contributed by atoms with Crippen molar-refractivity contribution in [2.75, 3.05) is 0 Å². The van der Waals surface area contributed by atoms with Crippen molar-refractivity contribution < 1.29 is 28.8 Å². The molecular formula is C128H144N6O6S6. The van der Waals surface area contributed by atoms with E-state index in [0.29, 0.717) is 90.6 Å². The molecule has 0 spiro atoms. The number of hydrogen-bond donors (Lipinski definition) is 0. The Labute approximate surface area is 890 Å². The van der Waals surface area contributed by atoms with Crippen LogP contribution in [0.5, 0.6) is 0 Å². The van der Waals surface area contributed by atoms with Gasteiger partial charge in [0.15, 0.2) is 34.7 Å². The number of allylic oxidation sites excluding steroid dienone is 16. The van der Waals surface area contributed by atoms with Crippen molar-refractivity contribution >= 4 is 103 Å². The molecule has 0 saturated heterocycles. The summed E-state index contributed by atoms with van der Waals surface area (Å²) in [5, 5.41) is 0. The minimum absolute atomic E-state index is 0.0256. The minimum atomic E-state index is -0.427. The van der Waals surface area contributed by atoms with Gasteiger partial charge in [-0.15, -0.1) is 68.0 Å². The Hall–Kier alpha value is -10.4. The second-order valence-corrected chi connectivity index (χ2v) is 49.6. The highest BCUT2D eigenvalue weighted by atomic mass is 32.1. The normalized spacial score (nSPS) is 25.0. The van der Waals surface area contributed by atoms with Gasteiger partial charge in [-0.1, -0.05) is 312 Å². The van der Waals surface area contributed by atoms with Crippen LogP contribution in [0, 0.1) is 35.0 Å². The lowest BCUT2D eigenvalue weighted by Crippen LogP contribution is -2.42. The van der Waals surface area contributed by atoms with Crippen LogP contribution in [-0.2, 0) is 99.8 Å². The maximum atomic E-state index is 13.4. The Morgan fingerprint density at radius 3 is 0.904 bits per heavy atom. The number of carbonyl (C=O) groups excluding carboxylic acids is 6. The van der Waals surface area contributed by atoms with Crippen molar-refractivity contribution in [3.05, 3.63) is 379 Å². The van der Waals surface area contributed by atoms with Gasteiger partial charge in [-0.25, -0.2) is 29.9 Å². The van der Waals surface area contributed by atoms with Crippen molar-refractivity contribution in [1.29, 1.82) is 0 Å². The van der Waals surface area contributed by atoms with E-state index in [1.165, 1.54) is 119 Å². The maximum Gasteiger partial charge on any atom is 0.160 e. The zero-order chi connectivity index (χ0) is 103. The fourth-order valence-corrected chi connectivity index (χ4v) is 35.0. The lowest BCUT2D eigenvalue weighted by molar-refractivity contribution is -0.119. The SMILES string of the molecule is C=C(C)/C=C\C(=C)C1(CC)C2=C(Cc3ncsc31)CC(C)(C)CC2=O.CCC1(c2ccccc2)C2=C(CCCC2=O)Cc2ncsc21.CCC1(c2ccccc2)C2=C(Cc3ncsc31)CC(CC(C)C)CC2=O.CCCC1CC(=O)C2=C(Cc3ncsc3[C@]2(CC)c2ccccc2)C1.CC[C@@]1(c2ccccc2)C2=C(CCCC2=O)Cc2ncsc21.CC[C@@]1(c2ccccc2)C2=C(Cc3ncsc31)CC(CC(C)C)CC2=O. The monoisotopic (exact) mass is 2050 g/mol. The summed E-state index contributed by atoms with van der Waals surface area (Å²) in [5.74, 6) is 4.90. The Morgan fingerprint density at radius 2 is 0.610 bits per heavy atom. The van der Waals surface area contributed by atoms with Gasteiger partial charge < -0.3 is 0 Å². The van der Waals surface area contributed by atoms with E-state index < -0.39 is 5.41 Å². The lowest BCUT2D eigenvalue weighted by atomic mass is 9.58. The molecule has 0 N–H and O–H groups in total. The van der Waals surface area contributed by atoms with Crippen LogP contribution < -0.4 is 0 Å². The van der Waals surface area contributed by atoms with Crippen LogP contribution in [0.1, 0.15) is 342 Å².